The predicted molar refractivity (Wildman–Crippen MR) is 68.7 cm³/mol. The van der Waals surface area contributed by atoms with Crippen LogP contribution in [0.2, 0.25) is 0 Å². The van der Waals surface area contributed by atoms with Gasteiger partial charge in [-0.05, 0) is 37.5 Å². The molecule has 94 valence electrons. The van der Waals surface area contributed by atoms with Crippen LogP contribution >= 0.6 is 0 Å². The molecule has 1 aliphatic heterocycles. The van der Waals surface area contributed by atoms with Gasteiger partial charge in [0.2, 0.25) is 0 Å². The normalized spacial score (nSPS) is 17.3. The highest BCUT2D eigenvalue weighted by atomic mass is 16.1. The first-order valence-electron chi connectivity index (χ1n) is 6.28. The van der Waals surface area contributed by atoms with E-state index in [1.54, 1.807) is 6.33 Å². The molecule has 1 saturated heterocycles. The maximum Gasteiger partial charge on any atom is 0.157 e. The minimum absolute atomic E-state index is 0.220. The van der Waals surface area contributed by atoms with E-state index >= 15 is 0 Å². The SMILES string of the molecule is Cc1cc(N2CCC(C=O)CC2)n2ncnc2c1. The number of aldehydes is 1. The second-order valence-electron chi connectivity index (χ2n) is 4.88. The van der Waals surface area contributed by atoms with Gasteiger partial charge in [0.1, 0.15) is 18.4 Å². The van der Waals surface area contributed by atoms with Crippen LogP contribution in [0.25, 0.3) is 5.65 Å². The smallest absolute Gasteiger partial charge is 0.157 e. The number of hydrogen-bond donors (Lipinski definition) is 0. The molecule has 0 aromatic carbocycles. The number of anilines is 1. The number of nitrogens with zero attached hydrogens (tertiary/aromatic N) is 4. The van der Waals surface area contributed by atoms with Gasteiger partial charge in [-0.15, -0.1) is 0 Å². The van der Waals surface area contributed by atoms with Crippen molar-refractivity contribution in [3.05, 3.63) is 24.0 Å². The van der Waals surface area contributed by atoms with Crippen LogP contribution in [0.1, 0.15) is 18.4 Å². The molecule has 0 N–H and O–H groups in total. The van der Waals surface area contributed by atoms with Crippen LogP contribution in [0.5, 0.6) is 0 Å². The van der Waals surface area contributed by atoms with Crippen molar-refractivity contribution in [1.29, 1.82) is 0 Å². The van der Waals surface area contributed by atoms with Crippen LogP contribution in [0.3, 0.4) is 0 Å². The van der Waals surface area contributed by atoms with E-state index in [9.17, 15) is 4.79 Å². The van der Waals surface area contributed by atoms with Crippen molar-refractivity contribution < 1.29 is 4.79 Å². The summed E-state index contributed by atoms with van der Waals surface area (Å²) in [6.45, 7) is 3.87. The van der Waals surface area contributed by atoms with E-state index in [-0.39, 0.29) is 5.92 Å². The third-order valence-electron chi connectivity index (χ3n) is 3.56. The van der Waals surface area contributed by atoms with Crippen LogP contribution in [-0.4, -0.2) is 34.0 Å². The molecule has 5 nitrogen and oxygen atoms in total. The molecule has 0 aliphatic carbocycles. The third-order valence-corrected chi connectivity index (χ3v) is 3.56. The Hall–Kier alpha value is -1.91. The summed E-state index contributed by atoms with van der Waals surface area (Å²) in [5.41, 5.74) is 2.06. The van der Waals surface area contributed by atoms with Gasteiger partial charge in [0.15, 0.2) is 5.65 Å². The van der Waals surface area contributed by atoms with Crippen LogP contribution in [-0.2, 0) is 4.79 Å². The largest absolute Gasteiger partial charge is 0.356 e. The zero-order chi connectivity index (χ0) is 12.5. The number of carbonyl (C=O) groups is 1. The Morgan fingerprint density at radius 1 is 1.33 bits per heavy atom. The quantitative estimate of drug-likeness (QED) is 0.750. The van der Waals surface area contributed by atoms with E-state index in [1.165, 1.54) is 5.56 Å². The number of fused-ring (bicyclic) bond motifs is 1. The molecule has 0 amide bonds. The Labute approximate surface area is 105 Å². The summed E-state index contributed by atoms with van der Waals surface area (Å²) in [6.07, 6.45) is 4.51. The molecule has 1 fully saturated rings. The molecular formula is C13H16N4O. The second-order valence-corrected chi connectivity index (χ2v) is 4.88. The summed E-state index contributed by atoms with van der Waals surface area (Å²) in [6, 6.07) is 4.15. The monoisotopic (exact) mass is 244 g/mol. The molecule has 0 bridgehead atoms. The molecule has 1 aliphatic rings. The van der Waals surface area contributed by atoms with Gasteiger partial charge < -0.3 is 9.69 Å². The first-order valence-corrected chi connectivity index (χ1v) is 6.28. The van der Waals surface area contributed by atoms with Gasteiger partial charge in [-0.2, -0.15) is 9.61 Å². The van der Waals surface area contributed by atoms with Gasteiger partial charge in [0, 0.05) is 19.0 Å². The molecule has 5 heteroatoms. The Morgan fingerprint density at radius 2 is 2.11 bits per heavy atom. The van der Waals surface area contributed by atoms with Crippen LogP contribution in [0.15, 0.2) is 18.5 Å². The number of pyridine rings is 1. The lowest BCUT2D eigenvalue weighted by Gasteiger charge is -2.31. The number of hydrogen-bond acceptors (Lipinski definition) is 4. The molecule has 0 saturated carbocycles. The highest BCUT2D eigenvalue weighted by Gasteiger charge is 2.20. The van der Waals surface area contributed by atoms with Gasteiger partial charge in [0.25, 0.3) is 0 Å². The average Bonchev–Trinajstić information content (AvgIpc) is 2.86. The molecule has 3 heterocycles. The van der Waals surface area contributed by atoms with Crippen LogP contribution in [0, 0.1) is 12.8 Å². The molecule has 0 radical (unpaired) electrons. The van der Waals surface area contributed by atoms with E-state index in [0.29, 0.717) is 0 Å². The fraction of sp³-hybridized carbons (Fsp3) is 0.462. The van der Waals surface area contributed by atoms with Gasteiger partial charge in [0.05, 0.1) is 0 Å². The first-order chi connectivity index (χ1) is 8.78. The van der Waals surface area contributed by atoms with E-state index in [0.717, 1.165) is 43.7 Å². The lowest BCUT2D eigenvalue weighted by molar-refractivity contribution is -0.111. The van der Waals surface area contributed by atoms with E-state index in [2.05, 4.69) is 28.0 Å². The maximum absolute atomic E-state index is 10.8. The highest BCUT2D eigenvalue weighted by Crippen LogP contribution is 2.23. The molecule has 0 atom stereocenters. The second kappa shape index (κ2) is 4.40. The number of aromatic nitrogens is 3. The Kier molecular flexibility index (Phi) is 2.74. The molecular weight excluding hydrogens is 228 g/mol. The molecule has 2 aromatic heterocycles. The van der Waals surface area contributed by atoms with E-state index < -0.39 is 0 Å². The Morgan fingerprint density at radius 3 is 2.83 bits per heavy atom. The lowest BCUT2D eigenvalue weighted by Crippen LogP contribution is -2.35. The fourth-order valence-corrected chi connectivity index (χ4v) is 2.53. The van der Waals surface area contributed by atoms with Gasteiger partial charge >= 0.3 is 0 Å². The summed E-state index contributed by atoms with van der Waals surface area (Å²) in [7, 11) is 0. The number of aryl methyl sites for hydroxylation is 1. The minimum Gasteiger partial charge on any atom is -0.356 e. The third kappa shape index (κ3) is 1.85. The topological polar surface area (TPSA) is 50.5 Å². The Bertz CT molecular complexity index is 569. The summed E-state index contributed by atoms with van der Waals surface area (Å²) in [5.74, 6) is 1.30. The summed E-state index contributed by atoms with van der Waals surface area (Å²) in [4.78, 5) is 17.3. The van der Waals surface area contributed by atoms with Gasteiger partial charge in [-0.1, -0.05) is 0 Å². The lowest BCUT2D eigenvalue weighted by atomic mass is 9.98. The summed E-state index contributed by atoms with van der Waals surface area (Å²) >= 11 is 0. The van der Waals surface area contributed by atoms with Gasteiger partial charge in [-0.3, -0.25) is 0 Å². The minimum atomic E-state index is 0.220. The van der Waals surface area contributed by atoms with Crippen molar-refractivity contribution in [3.63, 3.8) is 0 Å². The zero-order valence-corrected chi connectivity index (χ0v) is 10.4. The van der Waals surface area contributed by atoms with Crippen molar-refractivity contribution in [2.45, 2.75) is 19.8 Å². The van der Waals surface area contributed by atoms with E-state index in [1.807, 2.05) is 10.6 Å². The van der Waals surface area contributed by atoms with Crippen molar-refractivity contribution in [2.24, 2.45) is 5.92 Å². The summed E-state index contributed by atoms with van der Waals surface area (Å²) < 4.78 is 1.87. The number of rotatable bonds is 2. The molecule has 18 heavy (non-hydrogen) atoms. The number of carbonyl (C=O) groups excluding carboxylic acids is 1. The van der Waals surface area contributed by atoms with Crippen LogP contribution in [0.4, 0.5) is 5.82 Å². The van der Waals surface area contributed by atoms with Crippen LogP contribution < -0.4 is 4.90 Å². The predicted octanol–water partition coefficient (Wildman–Crippen LogP) is 1.45. The van der Waals surface area contributed by atoms with Crippen molar-refractivity contribution >= 4 is 17.8 Å². The van der Waals surface area contributed by atoms with Gasteiger partial charge in [-0.25, -0.2) is 4.98 Å². The maximum atomic E-state index is 10.8. The molecule has 0 unspecified atom stereocenters. The molecule has 2 aromatic rings. The fourth-order valence-electron chi connectivity index (χ4n) is 2.53. The van der Waals surface area contributed by atoms with Crippen molar-refractivity contribution in [3.8, 4) is 0 Å². The van der Waals surface area contributed by atoms with E-state index in [4.69, 9.17) is 0 Å². The standard InChI is InChI=1S/C13H16N4O/c1-10-6-12-14-9-15-17(12)13(7-10)16-4-2-11(8-18)3-5-16/h6-9,11H,2-5H2,1H3. The van der Waals surface area contributed by atoms with Crippen molar-refractivity contribution in [2.75, 3.05) is 18.0 Å². The average molecular weight is 244 g/mol. The summed E-state index contributed by atoms with van der Waals surface area (Å²) in [5, 5.41) is 4.27. The zero-order valence-electron chi connectivity index (χ0n) is 10.4. The Balaban J connectivity index is 1.94. The number of piperidine rings is 1. The first kappa shape index (κ1) is 11.2. The highest BCUT2D eigenvalue weighted by molar-refractivity contribution is 5.56. The molecule has 3 rings (SSSR count). The van der Waals surface area contributed by atoms with Crippen molar-refractivity contribution in [1.82, 2.24) is 14.6 Å². The molecule has 0 spiro atoms.